The van der Waals surface area contributed by atoms with Gasteiger partial charge in [-0.05, 0) is 18.8 Å². The van der Waals surface area contributed by atoms with Crippen molar-refractivity contribution < 1.29 is 49.7 Å². The fourth-order valence-corrected chi connectivity index (χ4v) is 2.77. The van der Waals surface area contributed by atoms with Gasteiger partial charge >= 0.3 is 11.9 Å². The van der Waals surface area contributed by atoms with Crippen LogP contribution in [-0.4, -0.2) is 86.0 Å². The van der Waals surface area contributed by atoms with Crippen LogP contribution in [0, 0.1) is 11.8 Å². The van der Waals surface area contributed by atoms with Crippen LogP contribution in [-0.2, 0) is 19.1 Å². The van der Waals surface area contributed by atoms with Gasteiger partial charge in [0.1, 0.15) is 24.4 Å². The zero-order valence-corrected chi connectivity index (χ0v) is 15.9. The molecule has 0 radical (unpaired) electrons. The van der Waals surface area contributed by atoms with Gasteiger partial charge in [0.15, 0.2) is 6.29 Å². The summed E-state index contributed by atoms with van der Waals surface area (Å²) in [5, 5.41) is 56.9. The van der Waals surface area contributed by atoms with E-state index >= 15 is 0 Å². The van der Waals surface area contributed by atoms with Crippen molar-refractivity contribution in [2.24, 2.45) is 11.8 Å². The molecule has 0 amide bonds. The van der Waals surface area contributed by atoms with E-state index in [-0.39, 0.29) is 5.92 Å². The fraction of sp³-hybridized carbons (Fsp3) is 0.778. The number of aliphatic hydroxyl groups excluding tert-OH is 4. The third kappa shape index (κ3) is 7.12. The maximum absolute atomic E-state index is 11.2. The number of hydrogen-bond acceptors (Lipinski definition) is 8. The predicted octanol–water partition coefficient (Wildman–Crippen LogP) is -0.661. The predicted molar refractivity (Wildman–Crippen MR) is 95.2 cm³/mol. The number of carboxylic acid groups (broad SMARTS) is 2. The Labute approximate surface area is 163 Å². The van der Waals surface area contributed by atoms with E-state index in [9.17, 15) is 30.0 Å². The summed E-state index contributed by atoms with van der Waals surface area (Å²) >= 11 is 0. The van der Waals surface area contributed by atoms with Crippen molar-refractivity contribution in [3.05, 3.63) is 12.2 Å². The van der Waals surface area contributed by atoms with Crippen molar-refractivity contribution in [3.63, 3.8) is 0 Å². The summed E-state index contributed by atoms with van der Waals surface area (Å²) in [5.74, 6) is -2.91. The van der Waals surface area contributed by atoms with Gasteiger partial charge in [0, 0.05) is 0 Å². The van der Waals surface area contributed by atoms with Crippen LogP contribution in [0.15, 0.2) is 12.2 Å². The highest BCUT2D eigenvalue weighted by Gasteiger charge is 2.45. The van der Waals surface area contributed by atoms with Crippen LogP contribution in [0.5, 0.6) is 0 Å². The van der Waals surface area contributed by atoms with Gasteiger partial charge in [-0.3, -0.25) is 9.59 Å². The zero-order chi connectivity index (χ0) is 21.4. The number of rotatable bonds is 11. The monoisotopic (exact) mass is 406 g/mol. The molecule has 0 aromatic rings. The summed E-state index contributed by atoms with van der Waals surface area (Å²) in [6.45, 7) is 2.68. The molecule has 162 valence electrons. The molecule has 0 bridgehead atoms. The normalized spacial score (nSPS) is 31.4. The molecule has 0 aromatic heterocycles. The van der Waals surface area contributed by atoms with Gasteiger partial charge in [-0.25, -0.2) is 0 Å². The Kier molecular flexibility index (Phi) is 10.0. The van der Waals surface area contributed by atoms with E-state index in [1.807, 2.05) is 0 Å². The standard InChI is InChI=1S/C18H30O10/c1-9(5-3-4-6-10(2)17(25)26)11(7-13(20)21)27-18-16(24)15(23)14(22)12(8-19)28-18/h3-4,9-12,14-16,18-19,22-24H,5-8H2,1-2H3,(H,20,21)(H,25,26)/b4-3+/t9-,10-,11-,12-,14-,15+,16-,18-/m1/s1. The highest BCUT2D eigenvalue weighted by Crippen LogP contribution is 2.26. The third-order valence-corrected chi connectivity index (χ3v) is 4.75. The molecule has 1 fully saturated rings. The summed E-state index contributed by atoms with van der Waals surface area (Å²) < 4.78 is 10.8. The summed E-state index contributed by atoms with van der Waals surface area (Å²) in [7, 11) is 0. The van der Waals surface area contributed by atoms with Gasteiger partial charge in [0.25, 0.3) is 0 Å². The lowest BCUT2D eigenvalue weighted by Crippen LogP contribution is -2.60. The van der Waals surface area contributed by atoms with Crippen LogP contribution in [0.1, 0.15) is 33.1 Å². The molecular formula is C18H30O10. The first kappa shape index (κ1) is 24.5. The van der Waals surface area contributed by atoms with E-state index in [1.165, 1.54) is 0 Å². The second-order valence-electron chi connectivity index (χ2n) is 7.13. The van der Waals surface area contributed by atoms with Crippen LogP contribution in [0.4, 0.5) is 0 Å². The van der Waals surface area contributed by atoms with E-state index in [0.29, 0.717) is 12.8 Å². The fourth-order valence-electron chi connectivity index (χ4n) is 2.77. The number of ether oxygens (including phenoxy) is 2. The molecule has 1 aliphatic rings. The van der Waals surface area contributed by atoms with Crippen molar-refractivity contribution in [2.45, 2.75) is 69.9 Å². The molecule has 0 aliphatic carbocycles. The van der Waals surface area contributed by atoms with Crippen molar-refractivity contribution in [2.75, 3.05) is 6.61 Å². The van der Waals surface area contributed by atoms with Crippen LogP contribution in [0.2, 0.25) is 0 Å². The van der Waals surface area contributed by atoms with E-state index in [1.54, 1.807) is 26.0 Å². The minimum Gasteiger partial charge on any atom is -0.481 e. The molecule has 0 unspecified atom stereocenters. The van der Waals surface area contributed by atoms with Gasteiger partial charge in [-0.1, -0.05) is 26.0 Å². The highest BCUT2D eigenvalue weighted by molar-refractivity contribution is 5.69. The van der Waals surface area contributed by atoms with E-state index in [4.69, 9.17) is 19.7 Å². The average molecular weight is 406 g/mol. The quantitative estimate of drug-likeness (QED) is 0.242. The molecular weight excluding hydrogens is 376 g/mol. The molecule has 1 rings (SSSR count). The molecule has 0 saturated carbocycles. The van der Waals surface area contributed by atoms with Crippen LogP contribution >= 0.6 is 0 Å². The Balaban J connectivity index is 2.74. The minimum absolute atomic E-state index is 0.333. The Morgan fingerprint density at radius 1 is 1.04 bits per heavy atom. The van der Waals surface area contributed by atoms with Gasteiger partial charge in [-0.2, -0.15) is 0 Å². The number of carboxylic acids is 2. The van der Waals surface area contributed by atoms with Crippen LogP contribution in [0.25, 0.3) is 0 Å². The summed E-state index contributed by atoms with van der Waals surface area (Å²) in [5.41, 5.74) is 0. The first-order valence-corrected chi connectivity index (χ1v) is 9.14. The molecule has 10 nitrogen and oxygen atoms in total. The molecule has 28 heavy (non-hydrogen) atoms. The maximum atomic E-state index is 11.2. The second-order valence-corrected chi connectivity index (χ2v) is 7.13. The molecule has 1 saturated heterocycles. The van der Waals surface area contributed by atoms with E-state index in [2.05, 4.69) is 0 Å². The average Bonchev–Trinajstić information content (AvgIpc) is 2.63. The highest BCUT2D eigenvalue weighted by atomic mass is 16.7. The lowest BCUT2D eigenvalue weighted by atomic mass is 9.96. The molecule has 0 aromatic carbocycles. The molecule has 10 heteroatoms. The van der Waals surface area contributed by atoms with Gasteiger partial charge in [0.2, 0.25) is 0 Å². The minimum atomic E-state index is -1.62. The summed E-state index contributed by atoms with van der Waals surface area (Å²) in [6.07, 6.45) is -4.47. The van der Waals surface area contributed by atoms with E-state index < -0.39 is 67.7 Å². The van der Waals surface area contributed by atoms with Crippen molar-refractivity contribution >= 4 is 11.9 Å². The van der Waals surface area contributed by atoms with Crippen LogP contribution < -0.4 is 0 Å². The Morgan fingerprint density at radius 2 is 1.64 bits per heavy atom. The second kappa shape index (κ2) is 11.4. The Bertz CT molecular complexity index is 534. The smallest absolute Gasteiger partial charge is 0.306 e. The first-order chi connectivity index (χ1) is 13.1. The molecule has 1 heterocycles. The lowest BCUT2D eigenvalue weighted by Gasteiger charge is -2.41. The van der Waals surface area contributed by atoms with Gasteiger partial charge in [-0.15, -0.1) is 0 Å². The molecule has 0 spiro atoms. The molecule has 8 atom stereocenters. The van der Waals surface area contributed by atoms with Crippen molar-refractivity contribution in [1.29, 1.82) is 0 Å². The number of carbonyl (C=O) groups is 2. The zero-order valence-electron chi connectivity index (χ0n) is 15.9. The van der Waals surface area contributed by atoms with Crippen LogP contribution in [0.3, 0.4) is 0 Å². The summed E-state index contributed by atoms with van der Waals surface area (Å²) in [6, 6.07) is 0. The Hall–Kier alpha value is -1.56. The van der Waals surface area contributed by atoms with Crippen molar-refractivity contribution in [3.8, 4) is 0 Å². The summed E-state index contributed by atoms with van der Waals surface area (Å²) in [4.78, 5) is 22.0. The first-order valence-electron chi connectivity index (χ1n) is 9.14. The number of aliphatic carboxylic acids is 2. The topological polar surface area (TPSA) is 174 Å². The molecule has 1 aliphatic heterocycles. The molecule has 6 N–H and O–H groups in total. The number of aliphatic hydroxyl groups is 4. The Morgan fingerprint density at radius 3 is 2.18 bits per heavy atom. The third-order valence-electron chi connectivity index (χ3n) is 4.75. The SMILES string of the molecule is C[C@H](C/C=C/C[C@@H](C)[C@@H](CC(=O)O)O[C@@H]1O[C@H](CO)[C@@H](O)[C@H](O)[C@H]1O)C(=O)O. The van der Waals surface area contributed by atoms with E-state index in [0.717, 1.165) is 0 Å². The maximum Gasteiger partial charge on any atom is 0.306 e. The number of allylic oxidation sites excluding steroid dienone is 2. The lowest BCUT2D eigenvalue weighted by molar-refractivity contribution is -0.314. The van der Waals surface area contributed by atoms with Crippen molar-refractivity contribution in [1.82, 2.24) is 0 Å². The van der Waals surface area contributed by atoms with Gasteiger partial charge < -0.3 is 40.1 Å². The largest absolute Gasteiger partial charge is 0.481 e. The number of hydrogen-bond donors (Lipinski definition) is 6. The van der Waals surface area contributed by atoms with Gasteiger partial charge in [0.05, 0.1) is 25.0 Å².